The van der Waals surface area contributed by atoms with Gasteiger partial charge in [-0.15, -0.1) is 0 Å². The first kappa shape index (κ1) is 27.4. The van der Waals surface area contributed by atoms with Gasteiger partial charge in [0.05, 0.1) is 30.3 Å². The number of nitriles is 1. The predicted octanol–water partition coefficient (Wildman–Crippen LogP) is 2.83. The molecular weight excluding hydrogens is 502 g/mol. The Bertz CT molecular complexity index is 1370. The maximum Gasteiger partial charge on any atom is 0.212 e. The zero-order valence-electron chi connectivity index (χ0n) is 23.7. The number of nitrogens with two attached hydrogens (primary N) is 1. The summed E-state index contributed by atoms with van der Waals surface area (Å²) < 4.78 is 5.18. The van der Waals surface area contributed by atoms with E-state index in [1.807, 2.05) is 25.5 Å². The maximum absolute atomic E-state index is 9.67. The second kappa shape index (κ2) is 11.9. The monoisotopic (exact) mass is 539 g/mol. The summed E-state index contributed by atoms with van der Waals surface area (Å²) in [5, 5.41) is 9.67. The first-order valence-corrected chi connectivity index (χ1v) is 13.5. The zero-order chi connectivity index (χ0) is 28.2. The second-order valence-electron chi connectivity index (χ2n) is 10.7. The Morgan fingerprint density at radius 3 is 2.48 bits per heavy atom. The van der Waals surface area contributed by atoms with Crippen LogP contribution in [0.25, 0.3) is 16.7 Å². The molecule has 0 radical (unpaired) electrons. The van der Waals surface area contributed by atoms with Crippen LogP contribution in [0.3, 0.4) is 0 Å². The van der Waals surface area contributed by atoms with Gasteiger partial charge in [0.2, 0.25) is 5.88 Å². The van der Waals surface area contributed by atoms with Gasteiger partial charge >= 0.3 is 0 Å². The number of hydrogen-bond acceptors (Lipinski definition) is 10. The van der Waals surface area contributed by atoms with Crippen LogP contribution < -0.4 is 20.3 Å². The van der Waals surface area contributed by atoms with E-state index in [9.17, 15) is 5.26 Å². The Labute approximate surface area is 236 Å². The molecular formula is C30H37N9O. The summed E-state index contributed by atoms with van der Waals surface area (Å²) in [4.78, 5) is 23.1. The minimum atomic E-state index is 0.338. The Morgan fingerprint density at radius 1 is 1.07 bits per heavy atom. The van der Waals surface area contributed by atoms with E-state index in [-0.39, 0.29) is 0 Å². The third-order valence-electron chi connectivity index (χ3n) is 7.84. The molecule has 2 unspecified atom stereocenters. The van der Waals surface area contributed by atoms with Gasteiger partial charge in [-0.2, -0.15) is 5.26 Å². The second-order valence-corrected chi connectivity index (χ2v) is 10.7. The van der Waals surface area contributed by atoms with Crippen molar-refractivity contribution >= 4 is 17.1 Å². The van der Waals surface area contributed by atoms with Crippen LogP contribution in [0, 0.1) is 11.3 Å². The van der Waals surface area contributed by atoms with Crippen LogP contribution in [0.5, 0.6) is 5.88 Å². The molecule has 6 rings (SSSR count). The van der Waals surface area contributed by atoms with Gasteiger partial charge in [-0.25, -0.2) is 9.97 Å². The van der Waals surface area contributed by atoms with Gasteiger partial charge in [0.1, 0.15) is 11.9 Å². The summed E-state index contributed by atoms with van der Waals surface area (Å²) in [5.41, 5.74) is 10.6. The Kier molecular flexibility index (Phi) is 8.14. The van der Waals surface area contributed by atoms with E-state index in [1.54, 1.807) is 13.3 Å². The fourth-order valence-electron chi connectivity index (χ4n) is 5.45. The highest BCUT2D eigenvalue weighted by molar-refractivity contribution is 5.86. The highest BCUT2D eigenvalue weighted by Gasteiger charge is 2.44. The molecule has 0 aliphatic carbocycles. The van der Waals surface area contributed by atoms with Crippen LogP contribution in [0.15, 0.2) is 55.1 Å². The van der Waals surface area contributed by atoms with Crippen molar-refractivity contribution in [2.45, 2.75) is 25.0 Å². The number of likely N-dealkylation sites (N-methyl/N-ethyl adjacent to an activating group) is 2. The number of rotatable bonds is 10. The molecule has 40 heavy (non-hydrogen) atoms. The van der Waals surface area contributed by atoms with Crippen LogP contribution in [-0.2, 0) is 6.54 Å². The molecule has 6 heterocycles. The summed E-state index contributed by atoms with van der Waals surface area (Å²) >= 11 is 0. The SMILES string of the molecule is COc1ccc(CN2C3CC2CN(c2ccc(-c4cc(N(C)CCN(C)C)cnc4C(C#N)=CN)cn2)C3)cn1. The lowest BCUT2D eigenvalue weighted by molar-refractivity contribution is -0.00876. The molecule has 0 aromatic carbocycles. The van der Waals surface area contributed by atoms with Crippen molar-refractivity contribution in [1.29, 1.82) is 5.26 Å². The molecule has 3 aromatic rings. The zero-order valence-corrected chi connectivity index (χ0v) is 23.7. The van der Waals surface area contributed by atoms with Crippen molar-refractivity contribution < 1.29 is 4.74 Å². The van der Waals surface area contributed by atoms with Gasteiger partial charge in [0.25, 0.3) is 0 Å². The highest BCUT2D eigenvalue weighted by atomic mass is 16.5. The van der Waals surface area contributed by atoms with E-state index >= 15 is 0 Å². The van der Waals surface area contributed by atoms with Gasteiger partial charge in [-0.05, 0) is 44.3 Å². The first-order chi connectivity index (χ1) is 19.4. The minimum absolute atomic E-state index is 0.338. The molecule has 3 aromatic heterocycles. The number of aromatic nitrogens is 3. The molecule has 0 saturated carbocycles. The number of piperidine rings is 1. The first-order valence-electron chi connectivity index (χ1n) is 13.5. The van der Waals surface area contributed by atoms with Crippen molar-refractivity contribution in [3.05, 3.63) is 66.4 Å². The number of nitrogens with zero attached hydrogens (tertiary/aromatic N) is 8. The van der Waals surface area contributed by atoms with Crippen molar-refractivity contribution in [2.24, 2.45) is 5.73 Å². The smallest absolute Gasteiger partial charge is 0.212 e. The van der Waals surface area contributed by atoms with E-state index in [0.29, 0.717) is 29.2 Å². The molecule has 208 valence electrons. The summed E-state index contributed by atoms with van der Waals surface area (Å²) in [7, 11) is 7.80. The maximum atomic E-state index is 9.67. The molecule has 10 nitrogen and oxygen atoms in total. The summed E-state index contributed by atoms with van der Waals surface area (Å²) in [6.07, 6.45) is 8.11. The summed E-state index contributed by atoms with van der Waals surface area (Å²) in [5.74, 6) is 1.61. The standard InChI is InChI=1S/C30H37N9O/c1-36(2)9-10-37(3)24-12-27(30(35-17-24)23(13-31)14-32)22-6-7-28(33-16-22)38-19-25-11-26(20-38)39(25)18-21-5-8-29(40-4)34-15-21/h5-8,12-13,15-17,25-26H,9-11,18-20,31H2,1-4H3. The van der Waals surface area contributed by atoms with Crippen molar-refractivity contribution in [3.8, 4) is 23.1 Å². The van der Waals surface area contributed by atoms with Gasteiger partial charge in [-0.3, -0.25) is 9.88 Å². The Balaban J connectivity index is 1.31. The molecule has 2 bridgehead atoms. The fourth-order valence-corrected chi connectivity index (χ4v) is 5.45. The quantitative estimate of drug-likeness (QED) is 0.386. The predicted molar refractivity (Wildman–Crippen MR) is 158 cm³/mol. The fraction of sp³-hybridized carbons (Fsp3) is 0.400. The highest BCUT2D eigenvalue weighted by Crippen LogP contribution is 2.36. The number of allylic oxidation sites excluding steroid dienone is 1. The summed E-state index contributed by atoms with van der Waals surface area (Å²) in [6, 6.07) is 13.4. The number of piperazine rings is 1. The van der Waals surface area contributed by atoms with Gasteiger partial charge in [0.15, 0.2) is 0 Å². The van der Waals surface area contributed by atoms with E-state index in [1.165, 1.54) is 18.2 Å². The molecule has 3 aliphatic heterocycles. The van der Waals surface area contributed by atoms with Crippen LogP contribution in [0.4, 0.5) is 11.5 Å². The lowest BCUT2D eigenvalue weighted by Gasteiger charge is -2.56. The molecule has 2 N–H and O–H groups in total. The van der Waals surface area contributed by atoms with Crippen LogP contribution in [0.1, 0.15) is 17.7 Å². The van der Waals surface area contributed by atoms with E-state index in [4.69, 9.17) is 15.5 Å². The molecule has 3 aliphatic rings. The average molecular weight is 540 g/mol. The van der Waals surface area contributed by atoms with E-state index < -0.39 is 0 Å². The number of hydrogen-bond donors (Lipinski definition) is 1. The largest absolute Gasteiger partial charge is 0.481 e. The Hall–Kier alpha value is -4.20. The van der Waals surface area contributed by atoms with Gasteiger partial charge < -0.3 is 25.2 Å². The molecule has 0 spiro atoms. The Morgan fingerprint density at radius 2 is 1.88 bits per heavy atom. The topological polar surface area (TPSA) is 111 Å². The van der Waals surface area contributed by atoms with Gasteiger partial charge in [-0.1, -0.05) is 6.07 Å². The number of anilines is 2. The van der Waals surface area contributed by atoms with Crippen LogP contribution in [-0.4, -0.2) is 91.3 Å². The third-order valence-corrected chi connectivity index (χ3v) is 7.84. The van der Waals surface area contributed by atoms with Crippen LogP contribution >= 0.6 is 0 Å². The number of ether oxygens (including phenoxy) is 1. The molecule has 2 atom stereocenters. The van der Waals surface area contributed by atoms with E-state index in [2.05, 4.69) is 74.0 Å². The summed E-state index contributed by atoms with van der Waals surface area (Å²) in [6.45, 7) is 4.56. The van der Waals surface area contributed by atoms with Crippen LogP contribution in [0.2, 0.25) is 0 Å². The normalized spacial score (nSPS) is 18.8. The minimum Gasteiger partial charge on any atom is -0.481 e. The number of methoxy groups -OCH3 is 1. The molecule has 3 saturated heterocycles. The number of pyridine rings is 3. The molecule has 0 amide bonds. The molecule has 3 fully saturated rings. The average Bonchev–Trinajstić information content (AvgIpc) is 2.99. The lowest BCUT2D eigenvalue weighted by Crippen LogP contribution is -2.68. The van der Waals surface area contributed by atoms with Gasteiger partial charge in [0, 0.05) is 87.6 Å². The van der Waals surface area contributed by atoms with Crippen molar-refractivity contribution in [2.75, 3.05) is 64.2 Å². The van der Waals surface area contributed by atoms with Crippen molar-refractivity contribution in [1.82, 2.24) is 24.8 Å². The van der Waals surface area contributed by atoms with Crippen molar-refractivity contribution in [3.63, 3.8) is 0 Å². The van der Waals surface area contributed by atoms with E-state index in [0.717, 1.165) is 55.4 Å². The lowest BCUT2D eigenvalue weighted by atomic mass is 9.87. The third kappa shape index (κ3) is 5.71. The molecule has 10 heteroatoms. The number of fused-ring (bicyclic) bond motifs is 2.